The lowest BCUT2D eigenvalue weighted by atomic mass is 10.1. The minimum absolute atomic E-state index is 0.119. The first-order valence-corrected chi connectivity index (χ1v) is 14.7. The smallest absolute Gasteiger partial charge is 0.261 e. The fourth-order valence-electron chi connectivity index (χ4n) is 4.34. The maximum Gasteiger partial charge on any atom is 0.261 e. The van der Waals surface area contributed by atoms with Crippen LogP contribution in [0.25, 0.3) is 0 Å². The number of carbonyl (C=O) groups is 2. The van der Waals surface area contributed by atoms with E-state index in [1.807, 2.05) is 25.1 Å². The van der Waals surface area contributed by atoms with Gasteiger partial charge in [-0.15, -0.1) is 0 Å². The first-order chi connectivity index (χ1) is 20.1. The van der Waals surface area contributed by atoms with Crippen molar-refractivity contribution in [2.24, 2.45) is 0 Å². The molecule has 0 heterocycles. The Morgan fingerprint density at radius 1 is 0.738 bits per heavy atom. The van der Waals surface area contributed by atoms with Crippen molar-refractivity contribution in [3.05, 3.63) is 113 Å². The molecule has 0 unspecified atom stereocenters. The summed E-state index contributed by atoms with van der Waals surface area (Å²) in [5, 5.41) is 5.70. The van der Waals surface area contributed by atoms with Crippen molar-refractivity contribution in [2.45, 2.75) is 25.2 Å². The van der Waals surface area contributed by atoms with Crippen LogP contribution < -0.4 is 24.8 Å². The molecule has 0 saturated heterocycles. The lowest BCUT2D eigenvalue weighted by Crippen LogP contribution is -2.27. The molecule has 218 valence electrons. The van der Waals surface area contributed by atoms with Gasteiger partial charge in [-0.25, -0.2) is 8.42 Å². The molecule has 9 nitrogen and oxygen atoms in total. The largest absolute Gasteiger partial charge is 0.493 e. The number of rotatable bonds is 11. The van der Waals surface area contributed by atoms with Gasteiger partial charge < -0.3 is 20.1 Å². The number of methoxy groups -OCH3 is 2. The van der Waals surface area contributed by atoms with Gasteiger partial charge >= 0.3 is 0 Å². The molecular weight excluding hydrogens is 554 g/mol. The van der Waals surface area contributed by atoms with Crippen molar-refractivity contribution in [3.8, 4) is 11.5 Å². The predicted octanol–water partition coefficient (Wildman–Crippen LogP) is 5.35. The van der Waals surface area contributed by atoms with E-state index in [0.717, 1.165) is 11.1 Å². The Bertz CT molecular complexity index is 1700. The van der Waals surface area contributed by atoms with Gasteiger partial charge in [0.15, 0.2) is 11.5 Å². The summed E-state index contributed by atoms with van der Waals surface area (Å²) in [4.78, 5) is 26.5. The van der Waals surface area contributed by atoms with E-state index in [0.29, 0.717) is 41.3 Å². The van der Waals surface area contributed by atoms with Gasteiger partial charge in [-0.1, -0.05) is 42.0 Å². The number of anilines is 2. The molecule has 4 rings (SSSR count). The number of amides is 2. The molecule has 0 atom stereocenters. The number of para-hydroxylation sites is 1. The van der Waals surface area contributed by atoms with E-state index in [4.69, 9.17) is 9.47 Å². The van der Waals surface area contributed by atoms with Gasteiger partial charge in [0.1, 0.15) is 0 Å². The second-order valence-electron chi connectivity index (χ2n) is 9.59. The summed E-state index contributed by atoms with van der Waals surface area (Å²) < 4.78 is 39.0. The third-order valence-electron chi connectivity index (χ3n) is 6.72. The van der Waals surface area contributed by atoms with Crippen LogP contribution in [-0.2, 0) is 16.4 Å². The van der Waals surface area contributed by atoms with Gasteiger partial charge in [0, 0.05) is 12.1 Å². The molecule has 42 heavy (non-hydrogen) atoms. The van der Waals surface area contributed by atoms with E-state index >= 15 is 0 Å². The molecule has 0 aliphatic carbocycles. The Hall–Kier alpha value is -4.83. The summed E-state index contributed by atoms with van der Waals surface area (Å²) in [6.07, 6.45) is 0.561. The Labute approximate surface area is 245 Å². The van der Waals surface area contributed by atoms with Crippen LogP contribution in [0.4, 0.5) is 11.4 Å². The normalized spacial score (nSPS) is 11.0. The van der Waals surface area contributed by atoms with Gasteiger partial charge in [-0.2, -0.15) is 0 Å². The van der Waals surface area contributed by atoms with Gasteiger partial charge in [0.25, 0.3) is 21.8 Å². The van der Waals surface area contributed by atoms with Gasteiger partial charge in [0.2, 0.25) is 0 Å². The molecule has 4 aromatic carbocycles. The minimum Gasteiger partial charge on any atom is -0.493 e. The van der Waals surface area contributed by atoms with Crippen molar-refractivity contribution in [3.63, 3.8) is 0 Å². The fourth-order valence-corrected chi connectivity index (χ4v) is 5.47. The van der Waals surface area contributed by atoms with Crippen molar-refractivity contribution >= 4 is 33.2 Å². The molecular formula is C32H33N3O6S. The quantitative estimate of drug-likeness (QED) is 0.218. The van der Waals surface area contributed by atoms with Crippen LogP contribution in [0.3, 0.4) is 0 Å². The van der Waals surface area contributed by atoms with Crippen LogP contribution in [0.2, 0.25) is 0 Å². The Morgan fingerprint density at radius 3 is 2.12 bits per heavy atom. The lowest BCUT2D eigenvalue weighted by molar-refractivity contribution is 0.0955. The summed E-state index contributed by atoms with van der Waals surface area (Å²) in [6.45, 7) is 3.89. The standard InChI is InChI=1S/C32H33N3O6S/c1-21-12-15-24(16-13-21)42(38,39)35-27-11-7-9-25(22(27)2)32(37)34-28-10-6-5-8-26(28)31(36)33-19-18-23-14-17-29(40-3)30(20-23)41-4/h5-17,20,35H,18-19H2,1-4H3,(H,33,36)(H,34,37). The van der Waals surface area contributed by atoms with Crippen molar-refractivity contribution < 1.29 is 27.5 Å². The summed E-state index contributed by atoms with van der Waals surface area (Å²) >= 11 is 0. The Balaban J connectivity index is 1.45. The average molecular weight is 588 g/mol. The molecule has 0 aliphatic rings. The molecule has 3 N–H and O–H groups in total. The number of nitrogens with one attached hydrogen (secondary N) is 3. The van der Waals surface area contributed by atoms with E-state index in [9.17, 15) is 18.0 Å². The second-order valence-corrected chi connectivity index (χ2v) is 11.3. The summed E-state index contributed by atoms with van der Waals surface area (Å²) in [7, 11) is -0.721. The number of sulfonamides is 1. The van der Waals surface area contributed by atoms with Crippen LogP contribution in [0.15, 0.2) is 89.8 Å². The van der Waals surface area contributed by atoms with Crippen molar-refractivity contribution in [1.82, 2.24) is 5.32 Å². The monoisotopic (exact) mass is 587 g/mol. The molecule has 4 aromatic rings. The molecule has 0 radical (unpaired) electrons. The molecule has 0 spiro atoms. The molecule has 0 bridgehead atoms. The van der Waals surface area contributed by atoms with Gasteiger partial charge in [0.05, 0.1) is 36.1 Å². The number of ether oxygens (including phenoxy) is 2. The third kappa shape index (κ3) is 7.08. The molecule has 0 saturated carbocycles. The van der Waals surface area contributed by atoms with Gasteiger partial charge in [-0.05, 0) is 79.9 Å². The highest BCUT2D eigenvalue weighted by Crippen LogP contribution is 2.28. The highest BCUT2D eigenvalue weighted by atomic mass is 32.2. The fraction of sp³-hybridized carbons (Fsp3) is 0.188. The number of benzene rings is 4. The van der Waals surface area contributed by atoms with Crippen LogP contribution in [0.1, 0.15) is 37.4 Å². The number of hydrogen-bond acceptors (Lipinski definition) is 6. The zero-order valence-corrected chi connectivity index (χ0v) is 24.7. The predicted molar refractivity (Wildman–Crippen MR) is 163 cm³/mol. The number of carbonyl (C=O) groups excluding carboxylic acids is 2. The van der Waals surface area contributed by atoms with E-state index in [-0.39, 0.29) is 22.1 Å². The first-order valence-electron chi connectivity index (χ1n) is 13.2. The molecule has 0 fully saturated rings. The van der Waals surface area contributed by atoms with Crippen LogP contribution in [-0.4, -0.2) is 41.0 Å². The maximum absolute atomic E-state index is 13.3. The molecule has 0 aromatic heterocycles. The average Bonchev–Trinajstić information content (AvgIpc) is 2.98. The summed E-state index contributed by atoms with van der Waals surface area (Å²) in [5.41, 5.74) is 3.52. The molecule has 2 amide bonds. The third-order valence-corrected chi connectivity index (χ3v) is 8.10. The highest BCUT2D eigenvalue weighted by molar-refractivity contribution is 7.92. The number of hydrogen-bond donors (Lipinski definition) is 3. The van der Waals surface area contributed by atoms with Crippen LogP contribution in [0.5, 0.6) is 11.5 Å². The lowest BCUT2D eigenvalue weighted by Gasteiger charge is -2.15. The maximum atomic E-state index is 13.3. The first kappa shape index (κ1) is 30.1. The van der Waals surface area contributed by atoms with E-state index in [1.165, 1.54) is 12.1 Å². The van der Waals surface area contributed by atoms with Crippen molar-refractivity contribution in [2.75, 3.05) is 30.8 Å². The zero-order valence-electron chi connectivity index (χ0n) is 23.9. The highest BCUT2D eigenvalue weighted by Gasteiger charge is 2.20. The molecule has 0 aliphatic heterocycles. The van der Waals surface area contributed by atoms with E-state index in [1.54, 1.807) is 75.7 Å². The minimum atomic E-state index is -3.86. The second kappa shape index (κ2) is 13.2. The van der Waals surface area contributed by atoms with E-state index in [2.05, 4.69) is 15.4 Å². The van der Waals surface area contributed by atoms with Crippen LogP contribution in [0, 0.1) is 13.8 Å². The van der Waals surface area contributed by atoms with Crippen LogP contribution >= 0.6 is 0 Å². The Kier molecular flexibility index (Phi) is 9.49. The van der Waals surface area contributed by atoms with Crippen molar-refractivity contribution in [1.29, 1.82) is 0 Å². The summed E-state index contributed by atoms with van der Waals surface area (Å²) in [6, 6.07) is 23.5. The zero-order chi connectivity index (χ0) is 30.3. The topological polar surface area (TPSA) is 123 Å². The summed E-state index contributed by atoms with van der Waals surface area (Å²) in [5.74, 6) is 0.410. The molecule has 10 heteroatoms. The Morgan fingerprint density at radius 2 is 1.40 bits per heavy atom. The SMILES string of the molecule is COc1ccc(CCNC(=O)c2ccccc2NC(=O)c2cccc(NS(=O)(=O)c3ccc(C)cc3)c2C)cc1OC. The number of aryl methyl sites for hydroxylation is 1. The van der Waals surface area contributed by atoms with E-state index < -0.39 is 15.9 Å². The van der Waals surface area contributed by atoms with Gasteiger partial charge in [-0.3, -0.25) is 14.3 Å².